The van der Waals surface area contributed by atoms with Gasteiger partial charge >= 0.3 is 0 Å². The Morgan fingerprint density at radius 2 is 1.67 bits per heavy atom. The average Bonchev–Trinajstić information content (AvgIpc) is 2.79. The molecule has 1 heterocycles. The largest absolute Gasteiger partial charge is 0.506 e. The van der Waals surface area contributed by atoms with Gasteiger partial charge in [0, 0.05) is 0 Å². The van der Waals surface area contributed by atoms with Gasteiger partial charge in [-0.25, -0.2) is 0 Å². The lowest BCUT2D eigenvalue weighted by Gasteiger charge is -2.04. The van der Waals surface area contributed by atoms with Crippen LogP contribution in [0.2, 0.25) is 0 Å². The summed E-state index contributed by atoms with van der Waals surface area (Å²) in [5.74, 6) is 0.222. The highest BCUT2D eigenvalue weighted by atomic mass is 16.3. The molecule has 0 spiro atoms. The molecule has 0 radical (unpaired) electrons. The fraction of sp³-hybridized carbons (Fsp3) is 0.286. The van der Waals surface area contributed by atoms with Gasteiger partial charge in [-0.3, -0.25) is 0 Å². The van der Waals surface area contributed by atoms with Crippen molar-refractivity contribution >= 4 is 16.7 Å². The van der Waals surface area contributed by atoms with Gasteiger partial charge in [-0.15, -0.1) is 15.0 Å². The van der Waals surface area contributed by atoms with Crippen LogP contribution >= 0.6 is 0 Å². The van der Waals surface area contributed by atoms with Gasteiger partial charge in [-0.1, -0.05) is 32.1 Å². The lowest BCUT2D eigenvalue weighted by molar-refractivity contribution is 0.425. The molecule has 0 fully saturated rings. The Balaban J connectivity index is 2.49. The summed E-state index contributed by atoms with van der Waals surface area (Å²) < 4.78 is 0. The Kier molecular flexibility index (Phi) is 3.77. The maximum Gasteiger partial charge on any atom is 0.138 e. The molecule has 0 atom stereocenters. The number of aliphatic hydroxyl groups is 1. The molecule has 1 aromatic heterocycles. The molecule has 0 saturated carbocycles. The number of aliphatic hydroxyl groups excluding tert-OH is 1. The summed E-state index contributed by atoms with van der Waals surface area (Å²) in [6.07, 6.45) is 5.26. The molecule has 4 nitrogen and oxygen atoms in total. The maximum absolute atomic E-state index is 10.0. The second-order valence-electron chi connectivity index (χ2n) is 3.97. The van der Waals surface area contributed by atoms with Crippen LogP contribution < -0.4 is 0 Å². The van der Waals surface area contributed by atoms with Gasteiger partial charge in [-0.05, 0) is 31.1 Å². The zero-order chi connectivity index (χ0) is 13.0. The smallest absolute Gasteiger partial charge is 0.138 e. The van der Waals surface area contributed by atoms with Crippen LogP contribution in [-0.4, -0.2) is 20.1 Å². The third kappa shape index (κ3) is 2.42. The molecule has 0 aliphatic heterocycles. The van der Waals surface area contributed by atoms with E-state index in [1.807, 2.05) is 44.2 Å². The normalized spacial score (nSPS) is 13.2. The zero-order valence-corrected chi connectivity index (χ0v) is 10.7. The van der Waals surface area contributed by atoms with Crippen LogP contribution in [0.3, 0.4) is 0 Å². The first kappa shape index (κ1) is 12.4. The predicted molar refractivity (Wildman–Crippen MR) is 73.1 cm³/mol. The second-order valence-corrected chi connectivity index (χ2v) is 3.97. The first-order chi connectivity index (χ1) is 8.76. The molecule has 1 aromatic carbocycles. The summed E-state index contributed by atoms with van der Waals surface area (Å²) in [5, 5.41) is 18.8. The van der Waals surface area contributed by atoms with Gasteiger partial charge in [0.25, 0.3) is 0 Å². The van der Waals surface area contributed by atoms with Gasteiger partial charge in [0.1, 0.15) is 22.5 Å². The minimum Gasteiger partial charge on any atom is -0.506 e. The fourth-order valence-corrected chi connectivity index (χ4v) is 1.75. The van der Waals surface area contributed by atoms with E-state index in [0.717, 1.165) is 23.9 Å². The van der Waals surface area contributed by atoms with Crippen molar-refractivity contribution in [3.05, 3.63) is 42.2 Å². The maximum atomic E-state index is 10.0. The number of aromatic nitrogens is 3. The van der Waals surface area contributed by atoms with E-state index < -0.39 is 0 Å². The number of benzene rings is 1. The van der Waals surface area contributed by atoms with Crippen LogP contribution in [0.5, 0.6) is 0 Å². The fourth-order valence-electron chi connectivity index (χ4n) is 1.75. The Morgan fingerprint density at radius 1 is 1.11 bits per heavy atom. The predicted octanol–water partition coefficient (Wildman–Crippen LogP) is 3.53. The average molecular weight is 243 g/mol. The van der Waals surface area contributed by atoms with E-state index in [2.05, 4.69) is 10.2 Å². The van der Waals surface area contributed by atoms with Crippen molar-refractivity contribution in [2.24, 2.45) is 0 Å². The molecule has 94 valence electrons. The molecule has 4 heteroatoms. The van der Waals surface area contributed by atoms with Gasteiger partial charge in [-0.2, -0.15) is 0 Å². The summed E-state index contributed by atoms with van der Waals surface area (Å²) in [5.41, 5.74) is 2.28. The van der Waals surface area contributed by atoms with E-state index in [1.165, 1.54) is 4.80 Å². The Labute approximate surface area is 106 Å². The monoisotopic (exact) mass is 243 g/mol. The molecular formula is C14H17N3O. The van der Waals surface area contributed by atoms with E-state index in [4.69, 9.17) is 0 Å². The minimum absolute atomic E-state index is 0.222. The molecule has 1 N–H and O–H groups in total. The van der Waals surface area contributed by atoms with Crippen LogP contribution in [0.1, 0.15) is 26.7 Å². The topological polar surface area (TPSA) is 50.9 Å². The zero-order valence-electron chi connectivity index (χ0n) is 10.7. The van der Waals surface area contributed by atoms with Crippen LogP contribution in [-0.2, 0) is 0 Å². The van der Waals surface area contributed by atoms with Crippen molar-refractivity contribution in [2.45, 2.75) is 26.7 Å². The van der Waals surface area contributed by atoms with Crippen molar-refractivity contribution in [1.82, 2.24) is 15.0 Å². The summed E-state index contributed by atoms with van der Waals surface area (Å²) in [6, 6.07) is 7.66. The number of fused-ring (bicyclic) bond motifs is 1. The number of hydrogen-bond donors (Lipinski definition) is 1. The highest BCUT2D eigenvalue weighted by Crippen LogP contribution is 2.16. The van der Waals surface area contributed by atoms with Crippen molar-refractivity contribution in [3.63, 3.8) is 0 Å². The van der Waals surface area contributed by atoms with Gasteiger partial charge in [0.2, 0.25) is 0 Å². The lowest BCUT2D eigenvalue weighted by atomic mass is 10.2. The van der Waals surface area contributed by atoms with Gasteiger partial charge in [0.15, 0.2) is 0 Å². The van der Waals surface area contributed by atoms with Crippen LogP contribution in [0, 0.1) is 0 Å². The minimum atomic E-state index is 0.222. The quantitative estimate of drug-likeness (QED) is 0.660. The van der Waals surface area contributed by atoms with E-state index in [0.29, 0.717) is 5.70 Å². The highest BCUT2D eigenvalue weighted by Gasteiger charge is 2.09. The molecule has 0 aliphatic rings. The van der Waals surface area contributed by atoms with Crippen LogP contribution in [0.15, 0.2) is 42.2 Å². The Bertz CT molecular complexity index is 563. The lowest BCUT2D eigenvalue weighted by Crippen LogP contribution is -2.04. The molecule has 0 saturated heterocycles. The molecule has 0 unspecified atom stereocenters. The molecular weight excluding hydrogens is 226 g/mol. The van der Waals surface area contributed by atoms with E-state index in [-0.39, 0.29) is 5.76 Å². The first-order valence-corrected chi connectivity index (χ1v) is 6.18. The van der Waals surface area contributed by atoms with Crippen molar-refractivity contribution in [2.75, 3.05) is 0 Å². The van der Waals surface area contributed by atoms with E-state index in [9.17, 15) is 5.11 Å². The summed E-state index contributed by atoms with van der Waals surface area (Å²) >= 11 is 0. The van der Waals surface area contributed by atoms with Crippen LogP contribution in [0.25, 0.3) is 16.7 Å². The molecule has 0 bridgehead atoms. The molecule has 2 rings (SSSR count). The number of hydrogen-bond acceptors (Lipinski definition) is 3. The molecule has 2 aromatic rings. The standard InChI is InChI=1S/C14H17N3O/c1-3-7-13(14(18)8-4-2)17-15-11-9-5-6-10-12(11)16-17/h5-10,18H,3-4H2,1-2H3/b13-7+,14-8+. The van der Waals surface area contributed by atoms with Crippen molar-refractivity contribution in [3.8, 4) is 0 Å². The van der Waals surface area contributed by atoms with Crippen LogP contribution in [0.4, 0.5) is 0 Å². The number of rotatable bonds is 4. The Morgan fingerprint density at radius 3 is 2.17 bits per heavy atom. The van der Waals surface area contributed by atoms with E-state index in [1.54, 1.807) is 6.08 Å². The second kappa shape index (κ2) is 5.49. The van der Waals surface area contributed by atoms with Gasteiger partial charge in [0.05, 0.1) is 0 Å². The SMILES string of the molecule is CC/C=C(O)\C(=C/CC)n1nc2ccccc2n1. The summed E-state index contributed by atoms with van der Waals surface area (Å²) in [6.45, 7) is 4.00. The Hall–Kier alpha value is -2.10. The summed E-state index contributed by atoms with van der Waals surface area (Å²) in [7, 11) is 0. The van der Waals surface area contributed by atoms with E-state index >= 15 is 0 Å². The molecule has 0 aliphatic carbocycles. The summed E-state index contributed by atoms with van der Waals surface area (Å²) in [4.78, 5) is 1.50. The van der Waals surface area contributed by atoms with Crippen molar-refractivity contribution in [1.29, 1.82) is 0 Å². The highest BCUT2D eigenvalue weighted by molar-refractivity contribution is 5.74. The van der Waals surface area contributed by atoms with Crippen molar-refractivity contribution < 1.29 is 5.11 Å². The molecule has 18 heavy (non-hydrogen) atoms. The first-order valence-electron chi connectivity index (χ1n) is 6.18. The number of nitrogens with zero attached hydrogens (tertiary/aromatic N) is 3. The number of allylic oxidation sites excluding steroid dienone is 3. The molecule has 0 amide bonds. The van der Waals surface area contributed by atoms with Gasteiger partial charge < -0.3 is 5.11 Å². The third-order valence-electron chi connectivity index (χ3n) is 2.56. The third-order valence-corrected chi connectivity index (χ3v) is 2.56.